The average molecular weight is 279 g/mol. The van der Waals surface area contributed by atoms with Gasteiger partial charge in [0.25, 0.3) is 0 Å². The van der Waals surface area contributed by atoms with E-state index in [1.165, 1.54) is 0 Å². The van der Waals surface area contributed by atoms with E-state index in [-0.39, 0.29) is 0 Å². The smallest absolute Gasteiger partial charge is 0.0923 e. The maximum atomic E-state index is 9.41. The third-order valence-corrected chi connectivity index (χ3v) is 3.25. The summed E-state index contributed by atoms with van der Waals surface area (Å²) in [4.78, 5) is 4.15. The summed E-state index contributed by atoms with van der Waals surface area (Å²) in [7, 11) is 0. The van der Waals surface area contributed by atoms with Crippen molar-refractivity contribution in [2.75, 3.05) is 0 Å². The Morgan fingerprint density at radius 1 is 1.10 bits per heavy atom. The molecule has 1 aromatic carbocycles. The highest BCUT2D eigenvalue weighted by atomic mass is 16.3. The Morgan fingerprint density at radius 3 is 2.67 bits per heavy atom. The van der Waals surface area contributed by atoms with E-state index < -0.39 is 6.10 Å². The second kappa shape index (κ2) is 5.89. The van der Waals surface area contributed by atoms with Crippen molar-refractivity contribution in [3.8, 4) is 22.4 Å². The molecule has 0 fully saturated rings. The number of benzene rings is 1. The minimum Gasteiger partial charge on any atom is -0.391 e. The first-order valence-electron chi connectivity index (χ1n) is 6.95. The zero-order chi connectivity index (χ0) is 14.7. The summed E-state index contributed by atoms with van der Waals surface area (Å²) in [6, 6.07) is 14.2. The van der Waals surface area contributed by atoms with Gasteiger partial charge in [0.2, 0.25) is 0 Å². The van der Waals surface area contributed by atoms with Gasteiger partial charge in [0.05, 0.1) is 18.3 Å². The molecule has 0 aliphatic rings. The minimum absolute atomic E-state index is 0.403. The molecular weight excluding hydrogens is 262 g/mol. The van der Waals surface area contributed by atoms with Gasteiger partial charge in [-0.05, 0) is 30.7 Å². The predicted octanol–water partition coefficient (Wildman–Crippen LogP) is 2.99. The predicted molar refractivity (Wildman–Crippen MR) is 82.6 cm³/mol. The molecule has 3 aromatic rings. The Hall–Kier alpha value is -2.46. The van der Waals surface area contributed by atoms with Crippen molar-refractivity contribution in [3.63, 3.8) is 0 Å². The van der Waals surface area contributed by atoms with Crippen molar-refractivity contribution in [1.82, 2.24) is 14.8 Å². The van der Waals surface area contributed by atoms with E-state index in [0.717, 1.165) is 22.4 Å². The van der Waals surface area contributed by atoms with Crippen LogP contribution in [0.3, 0.4) is 0 Å². The molecule has 0 aliphatic carbocycles. The minimum atomic E-state index is -0.403. The van der Waals surface area contributed by atoms with E-state index in [0.29, 0.717) is 6.54 Å². The van der Waals surface area contributed by atoms with E-state index in [1.807, 2.05) is 42.7 Å². The summed E-state index contributed by atoms with van der Waals surface area (Å²) < 4.78 is 1.76. The van der Waals surface area contributed by atoms with Crippen molar-refractivity contribution in [3.05, 3.63) is 61.1 Å². The van der Waals surface area contributed by atoms with Crippen LogP contribution in [0.2, 0.25) is 0 Å². The Bertz CT molecular complexity index is 720. The van der Waals surface area contributed by atoms with Gasteiger partial charge in [-0.2, -0.15) is 5.10 Å². The van der Waals surface area contributed by atoms with Gasteiger partial charge in [0.1, 0.15) is 0 Å². The number of rotatable bonds is 4. The lowest BCUT2D eigenvalue weighted by Crippen LogP contribution is -2.11. The molecular formula is C17H17N3O. The molecule has 0 bridgehead atoms. The second-order valence-electron chi connectivity index (χ2n) is 5.09. The number of aliphatic hydroxyl groups is 1. The molecule has 1 N–H and O–H groups in total. The Morgan fingerprint density at radius 2 is 1.90 bits per heavy atom. The summed E-state index contributed by atoms with van der Waals surface area (Å²) in [5.41, 5.74) is 4.16. The van der Waals surface area contributed by atoms with Crippen molar-refractivity contribution in [2.45, 2.75) is 19.6 Å². The fourth-order valence-electron chi connectivity index (χ4n) is 2.28. The molecule has 106 valence electrons. The summed E-state index contributed by atoms with van der Waals surface area (Å²) in [5, 5.41) is 13.9. The van der Waals surface area contributed by atoms with Gasteiger partial charge in [0, 0.05) is 29.7 Å². The van der Waals surface area contributed by atoms with E-state index in [1.54, 1.807) is 17.8 Å². The Labute approximate surface area is 123 Å². The van der Waals surface area contributed by atoms with E-state index >= 15 is 0 Å². The molecule has 0 saturated carbocycles. The monoisotopic (exact) mass is 279 g/mol. The fraction of sp³-hybridized carbons (Fsp3) is 0.176. The highest BCUT2D eigenvalue weighted by Crippen LogP contribution is 2.24. The van der Waals surface area contributed by atoms with Gasteiger partial charge in [0.15, 0.2) is 0 Å². The first kappa shape index (κ1) is 13.5. The molecule has 0 aliphatic heterocycles. The van der Waals surface area contributed by atoms with Crippen molar-refractivity contribution in [1.29, 1.82) is 0 Å². The molecule has 0 amide bonds. The number of aliphatic hydroxyl groups excluding tert-OH is 1. The standard InChI is InChI=1S/C17H17N3O/c1-13(21)12-20-9-7-17(19-20)15-5-2-4-14(10-15)16-6-3-8-18-11-16/h2-11,13,21H,12H2,1H3. The van der Waals surface area contributed by atoms with Gasteiger partial charge in [-0.25, -0.2) is 0 Å². The number of nitrogens with zero attached hydrogens (tertiary/aromatic N) is 3. The van der Waals surface area contributed by atoms with Crippen LogP contribution >= 0.6 is 0 Å². The van der Waals surface area contributed by atoms with Gasteiger partial charge >= 0.3 is 0 Å². The van der Waals surface area contributed by atoms with Crippen molar-refractivity contribution >= 4 is 0 Å². The molecule has 0 saturated heterocycles. The highest BCUT2D eigenvalue weighted by Gasteiger charge is 2.06. The summed E-state index contributed by atoms with van der Waals surface area (Å²) >= 11 is 0. The third-order valence-electron chi connectivity index (χ3n) is 3.25. The number of hydrogen-bond donors (Lipinski definition) is 1. The summed E-state index contributed by atoms with van der Waals surface area (Å²) in [6.07, 6.45) is 5.11. The molecule has 1 unspecified atom stereocenters. The van der Waals surface area contributed by atoms with E-state index in [9.17, 15) is 5.11 Å². The molecule has 4 heteroatoms. The molecule has 0 radical (unpaired) electrons. The first-order valence-corrected chi connectivity index (χ1v) is 6.95. The average Bonchev–Trinajstić information content (AvgIpc) is 2.96. The van der Waals surface area contributed by atoms with Gasteiger partial charge in [-0.3, -0.25) is 9.67 Å². The Kier molecular flexibility index (Phi) is 3.79. The van der Waals surface area contributed by atoms with Crippen LogP contribution in [0.25, 0.3) is 22.4 Å². The molecule has 0 spiro atoms. The van der Waals surface area contributed by atoms with Crippen LogP contribution in [-0.2, 0) is 6.54 Å². The lowest BCUT2D eigenvalue weighted by Gasteiger charge is -2.05. The van der Waals surface area contributed by atoms with Crippen LogP contribution in [0.1, 0.15) is 6.92 Å². The Balaban J connectivity index is 1.91. The number of aromatic nitrogens is 3. The third kappa shape index (κ3) is 3.17. The van der Waals surface area contributed by atoms with Crippen LogP contribution in [0, 0.1) is 0 Å². The molecule has 4 nitrogen and oxygen atoms in total. The molecule has 1 atom stereocenters. The van der Waals surface area contributed by atoms with Crippen LogP contribution in [0.4, 0.5) is 0 Å². The van der Waals surface area contributed by atoms with Gasteiger partial charge in [-0.15, -0.1) is 0 Å². The van der Waals surface area contributed by atoms with Gasteiger partial charge < -0.3 is 5.11 Å². The van der Waals surface area contributed by atoms with Crippen molar-refractivity contribution in [2.24, 2.45) is 0 Å². The second-order valence-corrected chi connectivity index (χ2v) is 5.09. The normalized spacial score (nSPS) is 12.3. The zero-order valence-corrected chi connectivity index (χ0v) is 11.8. The lowest BCUT2D eigenvalue weighted by atomic mass is 10.0. The first-order chi connectivity index (χ1) is 10.2. The summed E-state index contributed by atoms with van der Waals surface area (Å²) in [5.74, 6) is 0. The van der Waals surface area contributed by atoms with Crippen LogP contribution in [-0.4, -0.2) is 26.0 Å². The summed E-state index contributed by atoms with van der Waals surface area (Å²) in [6.45, 7) is 2.26. The molecule has 21 heavy (non-hydrogen) atoms. The maximum Gasteiger partial charge on any atom is 0.0923 e. The van der Waals surface area contributed by atoms with Crippen LogP contribution < -0.4 is 0 Å². The highest BCUT2D eigenvalue weighted by molar-refractivity contribution is 5.70. The van der Waals surface area contributed by atoms with Crippen LogP contribution in [0.15, 0.2) is 61.1 Å². The zero-order valence-electron chi connectivity index (χ0n) is 11.8. The molecule has 2 aromatic heterocycles. The van der Waals surface area contributed by atoms with Crippen molar-refractivity contribution < 1.29 is 5.11 Å². The molecule has 3 rings (SSSR count). The SMILES string of the molecule is CC(O)Cn1ccc(-c2cccc(-c3cccnc3)c2)n1. The number of hydrogen-bond acceptors (Lipinski definition) is 3. The largest absolute Gasteiger partial charge is 0.391 e. The lowest BCUT2D eigenvalue weighted by molar-refractivity contribution is 0.168. The van der Waals surface area contributed by atoms with Gasteiger partial charge in [-0.1, -0.05) is 24.3 Å². The number of pyridine rings is 1. The van der Waals surface area contributed by atoms with E-state index in [4.69, 9.17) is 0 Å². The molecule has 2 heterocycles. The maximum absolute atomic E-state index is 9.41. The quantitative estimate of drug-likeness (QED) is 0.798. The fourth-order valence-corrected chi connectivity index (χ4v) is 2.28. The van der Waals surface area contributed by atoms with Crippen LogP contribution in [0.5, 0.6) is 0 Å². The van der Waals surface area contributed by atoms with E-state index in [2.05, 4.69) is 22.2 Å². The topological polar surface area (TPSA) is 50.9 Å².